The van der Waals surface area contributed by atoms with Crippen molar-refractivity contribution in [3.05, 3.63) is 12.1 Å². The van der Waals surface area contributed by atoms with E-state index in [4.69, 9.17) is 14.2 Å². The molecule has 0 spiro atoms. The molecule has 5 heteroatoms. The summed E-state index contributed by atoms with van der Waals surface area (Å²) in [7, 11) is 4.86. The minimum atomic E-state index is -0.153. The number of carbonyl (C=O) groups is 1. The lowest BCUT2D eigenvalue weighted by Gasteiger charge is -2.18. The van der Waals surface area contributed by atoms with Crippen molar-refractivity contribution >= 4 is 11.6 Å². The molecular formula is C13H17NO4. The average molecular weight is 251 g/mol. The van der Waals surface area contributed by atoms with Gasteiger partial charge in [-0.1, -0.05) is 0 Å². The summed E-state index contributed by atoms with van der Waals surface area (Å²) in [5.41, 5.74) is 0.696. The van der Waals surface area contributed by atoms with E-state index >= 15 is 0 Å². The Balaban J connectivity index is 2.55. The number of benzene rings is 1. The summed E-state index contributed by atoms with van der Waals surface area (Å²) in [4.78, 5) is 13.5. The second-order valence-electron chi connectivity index (χ2n) is 4.26. The molecular weight excluding hydrogens is 234 g/mol. The molecule has 0 saturated carbocycles. The van der Waals surface area contributed by atoms with Gasteiger partial charge in [-0.25, -0.2) is 0 Å². The van der Waals surface area contributed by atoms with Gasteiger partial charge in [-0.15, -0.1) is 0 Å². The summed E-state index contributed by atoms with van der Waals surface area (Å²) in [5.74, 6) is 1.82. The number of nitrogens with zero attached hydrogens (tertiary/aromatic N) is 1. The Morgan fingerprint density at radius 2 is 1.89 bits per heavy atom. The molecule has 1 aromatic rings. The van der Waals surface area contributed by atoms with Crippen molar-refractivity contribution in [3.8, 4) is 17.2 Å². The summed E-state index contributed by atoms with van der Waals surface area (Å²) < 4.78 is 16.2. The van der Waals surface area contributed by atoms with E-state index in [1.54, 1.807) is 38.3 Å². The predicted molar refractivity (Wildman–Crippen MR) is 67.7 cm³/mol. The van der Waals surface area contributed by atoms with E-state index in [0.717, 1.165) is 0 Å². The summed E-state index contributed by atoms with van der Waals surface area (Å²) in [6.07, 6.45) is 0.204. The Bertz CT molecular complexity index is 472. The molecule has 1 amide bonds. The Morgan fingerprint density at radius 1 is 1.28 bits per heavy atom. The Labute approximate surface area is 106 Å². The quantitative estimate of drug-likeness (QED) is 0.804. The van der Waals surface area contributed by atoms with Gasteiger partial charge in [0.2, 0.25) is 5.91 Å². The zero-order chi connectivity index (χ0) is 13.3. The Hall–Kier alpha value is -1.91. The van der Waals surface area contributed by atoms with E-state index in [9.17, 15) is 4.79 Å². The highest BCUT2D eigenvalue weighted by atomic mass is 16.5. The molecule has 18 heavy (non-hydrogen) atoms. The van der Waals surface area contributed by atoms with E-state index in [2.05, 4.69) is 0 Å². The molecule has 2 rings (SSSR count). The van der Waals surface area contributed by atoms with Crippen LogP contribution < -0.4 is 19.1 Å². The summed E-state index contributed by atoms with van der Waals surface area (Å²) >= 11 is 0. The molecule has 1 heterocycles. The molecule has 0 aliphatic carbocycles. The molecule has 0 bridgehead atoms. The largest absolute Gasteiger partial charge is 0.493 e. The first-order valence-corrected chi connectivity index (χ1v) is 5.76. The number of hydrogen-bond donors (Lipinski definition) is 0. The van der Waals surface area contributed by atoms with Gasteiger partial charge in [0, 0.05) is 19.2 Å². The second kappa shape index (κ2) is 4.76. The van der Waals surface area contributed by atoms with Crippen LogP contribution >= 0.6 is 0 Å². The lowest BCUT2D eigenvalue weighted by Crippen LogP contribution is -2.27. The van der Waals surface area contributed by atoms with Crippen LogP contribution in [-0.2, 0) is 4.79 Å². The minimum absolute atomic E-state index is 0.0217. The molecule has 0 aromatic heterocycles. The predicted octanol–water partition coefficient (Wildman–Crippen LogP) is 1.84. The number of rotatable bonds is 2. The van der Waals surface area contributed by atoms with E-state index in [0.29, 0.717) is 29.4 Å². The molecule has 1 atom stereocenters. The molecule has 1 unspecified atom stereocenters. The minimum Gasteiger partial charge on any atom is -0.493 e. The van der Waals surface area contributed by atoms with Crippen LogP contribution in [0.5, 0.6) is 17.2 Å². The summed E-state index contributed by atoms with van der Waals surface area (Å²) in [6.45, 7) is 1.87. The van der Waals surface area contributed by atoms with Gasteiger partial charge in [0.05, 0.1) is 26.3 Å². The first kappa shape index (κ1) is 12.5. The standard InChI is InChI=1S/C13H17NO4/c1-8-5-13(15)14(2)9-6-11(16-3)12(17-4)7-10(9)18-8/h6-8H,5H2,1-4H3. The van der Waals surface area contributed by atoms with Crippen LogP contribution in [0.1, 0.15) is 13.3 Å². The zero-order valence-electron chi connectivity index (χ0n) is 11.0. The molecule has 1 aliphatic rings. The number of ether oxygens (including phenoxy) is 3. The molecule has 98 valence electrons. The van der Waals surface area contributed by atoms with E-state index in [1.165, 1.54) is 0 Å². The van der Waals surface area contributed by atoms with Crippen LogP contribution in [0, 0.1) is 0 Å². The fourth-order valence-corrected chi connectivity index (χ4v) is 1.98. The van der Waals surface area contributed by atoms with Crippen molar-refractivity contribution in [3.63, 3.8) is 0 Å². The van der Waals surface area contributed by atoms with E-state index in [1.807, 2.05) is 6.92 Å². The van der Waals surface area contributed by atoms with Crippen molar-refractivity contribution in [1.29, 1.82) is 0 Å². The summed E-state index contributed by atoms with van der Waals surface area (Å²) in [6, 6.07) is 3.50. The Kier molecular flexibility index (Phi) is 3.32. The topological polar surface area (TPSA) is 48.0 Å². The molecule has 1 aromatic carbocycles. The van der Waals surface area contributed by atoms with Crippen LogP contribution in [0.3, 0.4) is 0 Å². The van der Waals surface area contributed by atoms with Crippen LogP contribution in [0.25, 0.3) is 0 Å². The van der Waals surface area contributed by atoms with Crippen molar-refractivity contribution in [2.75, 3.05) is 26.2 Å². The van der Waals surface area contributed by atoms with Crippen LogP contribution in [0.2, 0.25) is 0 Å². The molecule has 0 fully saturated rings. The number of hydrogen-bond acceptors (Lipinski definition) is 4. The van der Waals surface area contributed by atoms with Gasteiger partial charge < -0.3 is 19.1 Å². The highest BCUT2D eigenvalue weighted by Crippen LogP contribution is 2.41. The summed E-state index contributed by atoms with van der Waals surface area (Å²) in [5, 5.41) is 0. The first-order chi connectivity index (χ1) is 8.56. The molecule has 0 radical (unpaired) electrons. The SMILES string of the molecule is COc1cc2c(cc1OC)N(C)C(=O)CC(C)O2. The third-order valence-corrected chi connectivity index (χ3v) is 2.99. The van der Waals surface area contributed by atoms with Gasteiger partial charge in [-0.3, -0.25) is 4.79 Å². The van der Waals surface area contributed by atoms with Crippen molar-refractivity contribution in [2.24, 2.45) is 0 Å². The number of fused-ring (bicyclic) bond motifs is 1. The highest BCUT2D eigenvalue weighted by Gasteiger charge is 2.26. The maximum Gasteiger partial charge on any atom is 0.230 e. The monoisotopic (exact) mass is 251 g/mol. The third kappa shape index (κ3) is 2.08. The van der Waals surface area contributed by atoms with Crippen LogP contribution in [0.4, 0.5) is 5.69 Å². The maximum atomic E-state index is 11.9. The van der Waals surface area contributed by atoms with Gasteiger partial charge in [-0.05, 0) is 6.92 Å². The average Bonchev–Trinajstić information content (AvgIpc) is 2.46. The lowest BCUT2D eigenvalue weighted by molar-refractivity contribution is -0.119. The van der Waals surface area contributed by atoms with Gasteiger partial charge in [-0.2, -0.15) is 0 Å². The highest BCUT2D eigenvalue weighted by molar-refractivity contribution is 5.95. The van der Waals surface area contributed by atoms with E-state index < -0.39 is 0 Å². The van der Waals surface area contributed by atoms with Crippen molar-refractivity contribution < 1.29 is 19.0 Å². The molecule has 0 saturated heterocycles. The Morgan fingerprint density at radius 3 is 2.50 bits per heavy atom. The van der Waals surface area contributed by atoms with E-state index in [-0.39, 0.29) is 12.0 Å². The zero-order valence-corrected chi connectivity index (χ0v) is 11.0. The van der Waals surface area contributed by atoms with Crippen LogP contribution in [0.15, 0.2) is 12.1 Å². The molecule has 1 aliphatic heterocycles. The molecule has 5 nitrogen and oxygen atoms in total. The number of carbonyl (C=O) groups excluding carboxylic acids is 1. The van der Waals surface area contributed by atoms with Gasteiger partial charge >= 0.3 is 0 Å². The molecule has 0 N–H and O–H groups in total. The number of amides is 1. The fourth-order valence-electron chi connectivity index (χ4n) is 1.98. The van der Waals surface area contributed by atoms with Crippen LogP contribution in [-0.4, -0.2) is 33.3 Å². The lowest BCUT2D eigenvalue weighted by atomic mass is 10.2. The van der Waals surface area contributed by atoms with Crippen molar-refractivity contribution in [2.45, 2.75) is 19.4 Å². The first-order valence-electron chi connectivity index (χ1n) is 5.76. The third-order valence-electron chi connectivity index (χ3n) is 2.99. The van der Waals surface area contributed by atoms with Gasteiger partial charge in [0.25, 0.3) is 0 Å². The maximum absolute atomic E-state index is 11.9. The van der Waals surface area contributed by atoms with Gasteiger partial charge in [0.1, 0.15) is 11.9 Å². The van der Waals surface area contributed by atoms with Gasteiger partial charge in [0.15, 0.2) is 11.5 Å². The second-order valence-corrected chi connectivity index (χ2v) is 4.26. The van der Waals surface area contributed by atoms with Crippen molar-refractivity contribution in [1.82, 2.24) is 0 Å². The fraction of sp³-hybridized carbons (Fsp3) is 0.462. The number of anilines is 1. The normalized spacial score (nSPS) is 18.8. The number of methoxy groups -OCH3 is 2. The smallest absolute Gasteiger partial charge is 0.230 e.